The molecule has 0 saturated carbocycles. The summed E-state index contributed by atoms with van der Waals surface area (Å²) in [4.78, 5) is 25.8. The zero-order chi connectivity index (χ0) is 25.8. The highest BCUT2D eigenvalue weighted by molar-refractivity contribution is 6.15. The fourth-order valence-electron chi connectivity index (χ4n) is 5.99. The maximum atomic E-state index is 12.9. The van der Waals surface area contributed by atoms with E-state index in [2.05, 4.69) is 0 Å². The highest BCUT2D eigenvalue weighted by Gasteiger charge is 2.25. The molecule has 0 atom stereocenters. The summed E-state index contributed by atoms with van der Waals surface area (Å²) in [5, 5.41) is 26.7. The number of phenolic OH excluding ortho intramolecular Hbond substituents is 2. The molecule has 6 rings (SSSR count). The first-order valence-corrected chi connectivity index (χ1v) is 12.1. The molecule has 0 amide bonds. The lowest BCUT2D eigenvalue weighted by molar-refractivity contribution is 0.402. The fraction of sp³-hybridized carbons (Fsp3) is 0.267. The molecule has 6 aromatic rings. The van der Waals surface area contributed by atoms with E-state index >= 15 is 0 Å². The minimum Gasteiger partial charge on any atom is -0.504 e. The largest absolute Gasteiger partial charge is 0.504 e. The van der Waals surface area contributed by atoms with Crippen molar-refractivity contribution in [2.75, 3.05) is 0 Å². The van der Waals surface area contributed by atoms with Gasteiger partial charge in [-0.15, -0.1) is 0 Å². The Hall–Kier alpha value is -4.06. The van der Waals surface area contributed by atoms with Gasteiger partial charge in [-0.2, -0.15) is 0 Å². The normalized spacial score (nSPS) is 13.6. The van der Waals surface area contributed by atoms with Gasteiger partial charge < -0.3 is 19.0 Å². The first-order chi connectivity index (χ1) is 17.0. The highest BCUT2D eigenvalue weighted by atomic mass is 16.3. The average molecular weight is 483 g/mol. The summed E-state index contributed by atoms with van der Waals surface area (Å²) >= 11 is 0. The molecule has 0 radical (unpaired) electrons. The van der Waals surface area contributed by atoms with Crippen LogP contribution in [0.15, 0.2) is 43.1 Å². The summed E-state index contributed by atoms with van der Waals surface area (Å²) in [5.74, 6) is -0.487. The van der Waals surface area contributed by atoms with Crippen LogP contribution in [0.4, 0.5) is 0 Å². The van der Waals surface area contributed by atoms with Gasteiger partial charge in [-0.25, -0.2) is 0 Å². The predicted octanol–water partition coefficient (Wildman–Crippen LogP) is 6.64. The summed E-state index contributed by atoms with van der Waals surface area (Å²) in [6.45, 7) is 11.7. The highest BCUT2D eigenvalue weighted by Crippen LogP contribution is 2.47. The molecule has 4 aromatic carbocycles. The number of phenols is 2. The molecule has 0 bridgehead atoms. The van der Waals surface area contributed by atoms with Gasteiger partial charge in [-0.1, -0.05) is 39.8 Å². The number of benzene rings is 4. The van der Waals surface area contributed by atoms with Crippen molar-refractivity contribution >= 4 is 43.5 Å². The number of hydrogen-bond donors (Lipinski definition) is 2. The number of rotatable bonds is 2. The average Bonchev–Trinajstić information content (AvgIpc) is 3.43. The minimum atomic E-state index is -0.548. The van der Waals surface area contributed by atoms with Crippen molar-refractivity contribution in [3.8, 4) is 11.5 Å². The molecule has 0 aliphatic carbocycles. The Kier molecular flexibility index (Phi) is 4.50. The van der Waals surface area contributed by atoms with Crippen molar-refractivity contribution < 1.29 is 19.0 Å². The van der Waals surface area contributed by atoms with E-state index in [0.717, 1.165) is 37.7 Å². The van der Waals surface area contributed by atoms with Crippen molar-refractivity contribution in [3.05, 3.63) is 77.8 Å². The maximum absolute atomic E-state index is 12.9. The van der Waals surface area contributed by atoms with Crippen molar-refractivity contribution in [1.82, 2.24) is 0 Å². The van der Waals surface area contributed by atoms with E-state index in [9.17, 15) is 19.8 Å². The van der Waals surface area contributed by atoms with Gasteiger partial charge in [0.15, 0.2) is 11.5 Å². The SMILES string of the molecule is Cc1cc2c(C(C)C)c(O)c(O)c3coc(/c1=c1\c(C)cc4c(C(C)C)c(=O)c(=O)c5coc1c45)c32. The smallest absolute Gasteiger partial charge is 0.237 e. The predicted molar refractivity (Wildman–Crippen MR) is 141 cm³/mol. The molecule has 6 nitrogen and oxygen atoms in total. The van der Waals surface area contributed by atoms with Crippen molar-refractivity contribution in [2.45, 2.75) is 53.4 Å². The van der Waals surface area contributed by atoms with Gasteiger partial charge in [0.2, 0.25) is 10.9 Å². The first-order valence-electron chi connectivity index (χ1n) is 12.1. The third kappa shape index (κ3) is 2.61. The molecule has 2 N–H and O–H groups in total. The zero-order valence-electron chi connectivity index (χ0n) is 21.0. The Morgan fingerprint density at radius 1 is 0.639 bits per heavy atom. The molecule has 0 spiro atoms. The van der Waals surface area contributed by atoms with Crippen LogP contribution in [-0.4, -0.2) is 10.2 Å². The van der Waals surface area contributed by atoms with Gasteiger partial charge in [0.05, 0.1) is 10.8 Å². The van der Waals surface area contributed by atoms with Gasteiger partial charge in [0, 0.05) is 32.3 Å². The molecule has 0 fully saturated rings. The molecule has 2 heterocycles. The Balaban J connectivity index is 1.96. The lowest BCUT2D eigenvalue weighted by Gasteiger charge is -2.15. The standard InChI is InChI=1S/C30H26O6/c1-11(2)19-15-7-13(5)21(29-23(15)17(9-35-29)25(31)27(19)33)22-14(6)8-16-20(12(3)4)28(34)26(32)18-10-36-30(22)24(16)18/h7-12,31,33H,1-6H3/b22-21+. The van der Waals surface area contributed by atoms with Gasteiger partial charge in [-0.05, 0) is 47.6 Å². The van der Waals surface area contributed by atoms with Crippen LogP contribution in [0.25, 0.3) is 43.5 Å². The summed E-state index contributed by atoms with van der Waals surface area (Å²) < 4.78 is 12.1. The maximum Gasteiger partial charge on any atom is 0.237 e. The minimum absolute atomic E-state index is 0.0320. The Bertz CT molecular complexity index is 2080. The molecule has 2 aromatic heterocycles. The topological polar surface area (TPSA) is 101 Å². The lowest BCUT2D eigenvalue weighted by atomic mass is 9.89. The Morgan fingerprint density at radius 2 is 1.11 bits per heavy atom. The molecule has 0 aliphatic heterocycles. The molecular weight excluding hydrogens is 456 g/mol. The van der Waals surface area contributed by atoms with E-state index in [1.165, 1.54) is 12.5 Å². The lowest BCUT2D eigenvalue weighted by Crippen LogP contribution is -2.28. The first kappa shape index (κ1) is 22.4. The van der Waals surface area contributed by atoms with Gasteiger partial charge in [0.1, 0.15) is 23.7 Å². The van der Waals surface area contributed by atoms with E-state index in [4.69, 9.17) is 8.83 Å². The number of aryl methyl sites for hydroxylation is 2. The van der Waals surface area contributed by atoms with E-state index < -0.39 is 10.9 Å². The Labute approximate surface area is 205 Å². The summed E-state index contributed by atoms with van der Waals surface area (Å²) in [7, 11) is 0. The second-order valence-electron chi connectivity index (χ2n) is 10.4. The van der Waals surface area contributed by atoms with Crippen LogP contribution in [0.5, 0.6) is 11.5 Å². The van der Waals surface area contributed by atoms with E-state index in [1.807, 2.05) is 53.7 Å². The quantitative estimate of drug-likeness (QED) is 0.212. The second-order valence-corrected chi connectivity index (χ2v) is 10.4. The van der Waals surface area contributed by atoms with Crippen molar-refractivity contribution in [2.24, 2.45) is 0 Å². The fourth-order valence-corrected chi connectivity index (χ4v) is 5.99. The molecule has 0 unspecified atom stereocenters. The van der Waals surface area contributed by atoms with Gasteiger partial charge >= 0.3 is 0 Å². The summed E-state index contributed by atoms with van der Waals surface area (Å²) in [6.07, 6.45) is 2.84. The van der Waals surface area contributed by atoms with Gasteiger partial charge in [0.25, 0.3) is 0 Å². The number of aromatic hydroxyl groups is 2. The summed E-state index contributed by atoms with van der Waals surface area (Å²) in [6, 6.07) is 3.96. The van der Waals surface area contributed by atoms with E-state index in [0.29, 0.717) is 33.1 Å². The molecule has 0 saturated heterocycles. The van der Waals surface area contributed by atoms with E-state index in [1.54, 1.807) is 0 Å². The van der Waals surface area contributed by atoms with E-state index in [-0.39, 0.29) is 28.7 Å². The van der Waals surface area contributed by atoms with Crippen LogP contribution in [0.2, 0.25) is 0 Å². The monoisotopic (exact) mass is 482 g/mol. The Morgan fingerprint density at radius 3 is 1.64 bits per heavy atom. The molecule has 182 valence electrons. The van der Waals surface area contributed by atoms with Crippen molar-refractivity contribution in [3.63, 3.8) is 0 Å². The second kappa shape index (κ2) is 7.23. The molecule has 0 aliphatic rings. The van der Waals surface area contributed by atoms with Crippen LogP contribution >= 0.6 is 0 Å². The van der Waals surface area contributed by atoms with Crippen LogP contribution in [0.1, 0.15) is 61.8 Å². The third-order valence-corrected chi connectivity index (χ3v) is 7.50. The third-order valence-electron chi connectivity index (χ3n) is 7.50. The van der Waals surface area contributed by atoms with Gasteiger partial charge in [-0.3, -0.25) is 9.59 Å². The van der Waals surface area contributed by atoms with Crippen LogP contribution in [0, 0.1) is 24.3 Å². The summed E-state index contributed by atoms with van der Waals surface area (Å²) in [5.41, 5.74) is 3.01. The van der Waals surface area contributed by atoms with Crippen molar-refractivity contribution in [1.29, 1.82) is 0 Å². The molecule has 36 heavy (non-hydrogen) atoms. The van der Waals surface area contributed by atoms with Crippen LogP contribution in [-0.2, 0) is 0 Å². The number of hydrogen-bond acceptors (Lipinski definition) is 6. The zero-order valence-corrected chi connectivity index (χ0v) is 21.0. The molecule has 6 heteroatoms. The van der Waals surface area contributed by atoms with Crippen LogP contribution in [0.3, 0.4) is 0 Å². The van der Waals surface area contributed by atoms with Crippen LogP contribution < -0.4 is 10.9 Å². The number of furan rings is 2. The molecular formula is C30H26O6.